The van der Waals surface area contributed by atoms with Crippen molar-refractivity contribution in [2.24, 2.45) is 5.73 Å². The lowest BCUT2D eigenvalue weighted by atomic mass is 10.3. The van der Waals surface area contributed by atoms with E-state index in [0.29, 0.717) is 13.0 Å². The number of nitrogens with zero attached hydrogens (tertiary/aromatic N) is 2. The molecule has 1 rings (SSSR count). The molecule has 0 atom stereocenters. The number of nitrogen functional groups attached to an aromatic ring is 1. The van der Waals surface area contributed by atoms with E-state index in [1.807, 2.05) is 0 Å². The summed E-state index contributed by atoms with van der Waals surface area (Å²) in [6, 6.07) is 0. The molecule has 1 heterocycles. The number of carboxylic acids is 1. The van der Waals surface area contributed by atoms with Crippen LogP contribution in [0.25, 0.3) is 0 Å². The SMILES string of the molecule is NCCC#Cc1cnc(N)c(C(=O)O)n1. The van der Waals surface area contributed by atoms with Crippen LogP contribution in [0.15, 0.2) is 6.20 Å². The molecule has 0 unspecified atom stereocenters. The van der Waals surface area contributed by atoms with Gasteiger partial charge in [-0.3, -0.25) is 0 Å². The standard InChI is InChI=1S/C9H10N4O2/c10-4-2-1-3-6-5-12-8(11)7(13-6)9(14)15/h5H,2,4,10H2,(H2,11,12)(H,14,15). The first-order chi connectivity index (χ1) is 7.15. The Morgan fingerprint density at radius 2 is 2.33 bits per heavy atom. The highest BCUT2D eigenvalue weighted by Crippen LogP contribution is 2.04. The number of aromatic carboxylic acids is 1. The molecule has 0 bridgehead atoms. The monoisotopic (exact) mass is 206 g/mol. The van der Waals surface area contributed by atoms with Crippen molar-refractivity contribution < 1.29 is 9.90 Å². The Hall–Kier alpha value is -2.13. The van der Waals surface area contributed by atoms with Crippen LogP contribution >= 0.6 is 0 Å². The van der Waals surface area contributed by atoms with Crippen LogP contribution in [0.1, 0.15) is 22.6 Å². The van der Waals surface area contributed by atoms with E-state index < -0.39 is 5.97 Å². The average molecular weight is 206 g/mol. The Morgan fingerprint density at radius 1 is 1.60 bits per heavy atom. The van der Waals surface area contributed by atoms with E-state index in [4.69, 9.17) is 16.6 Å². The number of nitrogens with two attached hydrogens (primary N) is 2. The van der Waals surface area contributed by atoms with Gasteiger partial charge in [0.25, 0.3) is 0 Å². The zero-order valence-corrected chi connectivity index (χ0v) is 7.90. The lowest BCUT2D eigenvalue weighted by molar-refractivity contribution is 0.0691. The summed E-state index contributed by atoms with van der Waals surface area (Å²) in [5, 5.41) is 8.71. The smallest absolute Gasteiger partial charge is 0.358 e. The highest BCUT2D eigenvalue weighted by molar-refractivity contribution is 5.90. The van der Waals surface area contributed by atoms with Crippen molar-refractivity contribution in [3.8, 4) is 11.8 Å². The average Bonchev–Trinajstić information content (AvgIpc) is 2.20. The molecule has 0 spiro atoms. The lowest BCUT2D eigenvalue weighted by Crippen LogP contribution is -2.08. The minimum absolute atomic E-state index is 0.119. The summed E-state index contributed by atoms with van der Waals surface area (Å²) in [5.41, 5.74) is 10.6. The Morgan fingerprint density at radius 3 is 2.93 bits per heavy atom. The van der Waals surface area contributed by atoms with Gasteiger partial charge in [-0.1, -0.05) is 5.92 Å². The zero-order chi connectivity index (χ0) is 11.3. The van der Waals surface area contributed by atoms with E-state index in [9.17, 15) is 4.79 Å². The normalized spacial score (nSPS) is 9.13. The van der Waals surface area contributed by atoms with Gasteiger partial charge in [-0.2, -0.15) is 0 Å². The van der Waals surface area contributed by atoms with Gasteiger partial charge in [0.2, 0.25) is 0 Å². The molecule has 0 aromatic carbocycles. The number of carbonyl (C=O) groups is 1. The number of aromatic nitrogens is 2. The minimum Gasteiger partial charge on any atom is -0.476 e. The molecule has 15 heavy (non-hydrogen) atoms. The highest BCUT2D eigenvalue weighted by atomic mass is 16.4. The first-order valence-electron chi connectivity index (χ1n) is 4.20. The second kappa shape index (κ2) is 4.93. The zero-order valence-electron chi connectivity index (χ0n) is 7.90. The number of rotatable bonds is 2. The van der Waals surface area contributed by atoms with Crippen LogP contribution in [0.4, 0.5) is 5.82 Å². The van der Waals surface area contributed by atoms with Gasteiger partial charge in [-0.15, -0.1) is 0 Å². The number of hydrogen-bond donors (Lipinski definition) is 3. The molecule has 0 aliphatic heterocycles. The van der Waals surface area contributed by atoms with Crippen LogP contribution in [-0.4, -0.2) is 27.6 Å². The van der Waals surface area contributed by atoms with Gasteiger partial charge in [-0.25, -0.2) is 14.8 Å². The molecule has 1 aromatic rings. The van der Waals surface area contributed by atoms with Gasteiger partial charge in [-0.05, 0) is 5.92 Å². The van der Waals surface area contributed by atoms with Crippen molar-refractivity contribution in [3.05, 3.63) is 17.6 Å². The van der Waals surface area contributed by atoms with Crippen LogP contribution in [-0.2, 0) is 0 Å². The van der Waals surface area contributed by atoms with Gasteiger partial charge in [0.15, 0.2) is 11.5 Å². The first kappa shape index (κ1) is 10.9. The summed E-state index contributed by atoms with van der Waals surface area (Å²) in [7, 11) is 0. The molecule has 0 aliphatic rings. The van der Waals surface area contributed by atoms with Crippen molar-refractivity contribution in [2.75, 3.05) is 12.3 Å². The second-order valence-electron chi connectivity index (χ2n) is 2.63. The van der Waals surface area contributed by atoms with E-state index in [1.54, 1.807) is 0 Å². The molecule has 1 aromatic heterocycles. The third-order valence-corrected chi connectivity index (χ3v) is 1.49. The third kappa shape index (κ3) is 2.93. The fourth-order valence-electron chi connectivity index (χ4n) is 0.841. The quantitative estimate of drug-likeness (QED) is 0.559. The van der Waals surface area contributed by atoms with Crippen LogP contribution < -0.4 is 11.5 Å². The summed E-state index contributed by atoms with van der Waals surface area (Å²) >= 11 is 0. The molecular weight excluding hydrogens is 196 g/mol. The number of anilines is 1. The van der Waals surface area contributed by atoms with E-state index in [-0.39, 0.29) is 17.2 Å². The predicted molar refractivity (Wildman–Crippen MR) is 54.0 cm³/mol. The first-order valence-corrected chi connectivity index (χ1v) is 4.20. The Labute approximate surface area is 86.3 Å². The van der Waals surface area contributed by atoms with Crippen molar-refractivity contribution in [3.63, 3.8) is 0 Å². The summed E-state index contributed by atoms with van der Waals surface area (Å²) in [6.07, 6.45) is 1.85. The summed E-state index contributed by atoms with van der Waals surface area (Å²) < 4.78 is 0. The molecule has 5 N–H and O–H groups in total. The number of hydrogen-bond acceptors (Lipinski definition) is 5. The van der Waals surface area contributed by atoms with Crippen molar-refractivity contribution >= 4 is 11.8 Å². The van der Waals surface area contributed by atoms with Crippen molar-refractivity contribution in [2.45, 2.75) is 6.42 Å². The summed E-state index contributed by atoms with van der Waals surface area (Å²) in [6.45, 7) is 0.446. The third-order valence-electron chi connectivity index (χ3n) is 1.49. The maximum atomic E-state index is 10.7. The van der Waals surface area contributed by atoms with E-state index in [1.165, 1.54) is 6.20 Å². The minimum atomic E-state index is -1.22. The van der Waals surface area contributed by atoms with E-state index in [0.717, 1.165) is 0 Å². The summed E-state index contributed by atoms with van der Waals surface area (Å²) in [5.74, 6) is 4.03. The fourth-order valence-corrected chi connectivity index (χ4v) is 0.841. The van der Waals surface area contributed by atoms with Crippen molar-refractivity contribution in [1.82, 2.24) is 9.97 Å². The maximum absolute atomic E-state index is 10.7. The predicted octanol–water partition coefficient (Wildman–Crippen LogP) is -0.543. The van der Waals surface area contributed by atoms with Gasteiger partial charge in [0.1, 0.15) is 5.69 Å². The molecule has 78 valence electrons. The second-order valence-corrected chi connectivity index (χ2v) is 2.63. The van der Waals surface area contributed by atoms with Crippen LogP contribution in [0, 0.1) is 11.8 Å². The van der Waals surface area contributed by atoms with Gasteiger partial charge in [0.05, 0.1) is 6.20 Å². The van der Waals surface area contributed by atoms with Crippen molar-refractivity contribution in [1.29, 1.82) is 0 Å². The van der Waals surface area contributed by atoms with Gasteiger partial charge < -0.3 is 16.6 Å². The maximum Gasteiger partial charge on any atom is 0.358 e. The highest BCUT2D eigenvalue weighted by Gasteiger charge is 2.10. The Balaban J connectivity index is 2.99. The van der Waals surface area contributed by atoms with Gasteiger partial charge in [0, 0.05) is 13.0 Å². The largest absolute Gasteiger partial charge is 0.476 e. The molecule has 0 fully saturated rings. The fraction of sp³-hybridized carbons (Fsp3) is 0.222. The summed E-state index contributed by atoms with van der Waals surface area (Å²) in [4.78, 5) is 18.1. The molecular formula is C9H10N4O2. The topological polar surface area (TPSA) is 115 Å². The van der Waals surface area contributed by atoms with Gasteiger partial charge >= 0.3 is 5.97 Å². The van der Waals surface area contributed by atoms with Crippen LogP contribution in [0.2, 0.25) is 0 Å². The van der Waals surface area contributed by atoms with E-state index in [2.05, 4.69) is 21.8 Å². The molecule has 0 aliphatic carbocycles. The molecule has 6 heteroatoms. The molecule has 0 radical (unpaired) electrons. The molecule has 0 saturated heterocycles. The Kier molecular flexibility index (Phi) is 3.60. The lowest BCUT2D eigenvalue weighted by Gasteiger charge is -1.97. The van der Waals surface area contributed by atoms with E-state index >= 15 is 0 Å². The molecule has 0 amide bonds. The number of carboxylic acid groups (broad SMARTS) is 1. The molecule has 6 nitrogen and oxygen atoms in total. The van der Waals surface area contributed by atoms with Crippen LogP contribution in [0.3, 0.4) is 0 Å². The Bertz CT molecular complexity index is 433. The molecule has 0 saturated carbocycles. The van der Waals surface area contributed by atoms with Crippen LogP contribution in [0.5, 0.6) is 0 Å².